The largest absolute Gasteiger partial charge is 0.432 e. The Labute approximate surface area is 193 Å². The number of rotatable bonds is 9. The summed E-state index contributed by atoms with van der Waals surface area (Å²) in [6, 6.07) is 6.23. The number of amides is 2. The number of pyridine rings is 1. The summed E-state index contributed by atoms with van der Waals surface area (Å²) < 4.78 is 33.0. The van der Waals surface area contributed by atoms with Gasteiger partial charge in [-0.2, -0.15) is 13.9 Å². The third-order valence-electron chi connectivity index (χ3n) is 5.05. The van der Waals surface area contributed by atoms with Gasteiger partial charge >= 0.3 is 6.61 Å². The summed E-state index contributed by atoms with van der Waals surface area (Å²) in [5.41, 5.74) is 3.54. The lowest BCUT2D eigenvalue weighted by atomic mass is 10.1. The van der Waals surface area contributed by atoms with E-state index in [1.807, 2.05) is 0 Å². The Morgan fingerprint density at radius 1 is 1.21 bits per heavy atom. The maximum atomic E-state index is 13.3. The van der Waals surface area contributed by atoms with Gasteiger partial charge in [-0.3, -0.25) is 19.1 Å². The number of benzene rings is 1. The van der Waals surface area contributed by atoms with Gasteiger partial charge in [0.05, 0.1) is 30.2 Å². The van der Waals surface area contributed by atoms with E-state index in [-0.39, 0.29) is 40.3 Å². The Morgan fingerprint density at radius 2 is 2.00 bits per heavy atom. The van der Waals surface area contributed by atoms with E-state index < -0.39 is 12.5 Å². The van der Waals surface area contributed by atoms with E-state index >= 15 is 0 Å². The molecule has 0 bridgehead atoms. The van der Waals surface area contributed by atoms with E-state index in [0.29, 0.717) is 11.1 Å². The number of carbonyl (C=O) groups is 2. The number of para-hydroxylation sites is 1. The number of anilines is 3. The first-order valence-electron chi connectivity index (χ1n) is 10.3. The molecule has 2 heterocycles. The molecule has 1 aliphatic rings. The van der Waals surface area contributed by atoms with Gasteiger partial charge in [-0.05, 0) is 18.9 Å². The molecule has 0 spiro atoms. The number of halogens is 2. The highest BCUT2D eigenvalue weighted by Gasteiger charge is 2.30. The maximum Gasteiger partial charge on any atom is 0.387 e. The second-order valence-corrected chi connectivity index (χ2v) is 7.60. The van der Waals surface area contributed by atoms with Crippen LogP contribution >= 0.6 is 0 Å². The number of ether oxygens (including phenoxy) is 1. The van der Waals surface area contributed by atoms with Gasteiger partial charge in [0.25, 0.3) is 5.91 Å². The van der Waals surface area contributed by atoms with Gasteiger partial charge in [-0.15, -0.1) is 0 Å². The molecular formula is C22H22F2N6O4. The topological polar surface area (TPSA) is 119 Å². The number of carbonyl (C=O) groups excluding carboxylic acids is 2. The SMILES string of the molecule is CONC(=O)c1cnc(NC(=O)C2CC2)cc1Nc1cccc(-c2cnn(C)c2)c1OC(F)F. The normalized spacial score (nSPS) is 13.0. The zero-order chi connectivity index (χ0) is 24.2. The van der Waals surface area contributed by atoms with Crippen LogP contribution in [0.25, 0.3) is 11.1 Å². The van der Waals surface area contributed by atoms with Crippen LogP contribution in [0.1, 0.15) is 23.2 Å². The molecule has 0 aliphatic heterocycles. The van der Waals surface area contributed by atoms with Crippen LogP contribution in [0.4, 0.5) is 26.0 Å². The lowest BCUT2D eigenvalue weighted by molar-refractivity contribution is -0.117. The van der Waals surface area contributed by atoms with E-state index in [1.54, 1.807) is 25.4 Å². The average molecular weight is 472 g/mol. The minimum Gasteiger partial charge on any atom is -0.432 e. The molecule has 2 aromatic heterocycles. The van der Waals surface area contributed by atoms with Gasteiger partial charge in [0.1, 0.15) is 5.82 Å². The molecule has 3 N–H and O–H groups in total. The van der Waals surface area contributed by atoms with E-state index in [0.717, 1.165) is 12.8 Å². The zero-order valence-corrected chi connectivity index (χ0v) is 18.3. The van der Waals surface area contributed by atoms with Crippen molar-refractivity contribution in [1.82, 2.24) is 20.2 Å². The van der Waals surface area contributed by atoms with Crippen molar-refractivity contribution in [3.05, 3.63) is 48.4 Å². The van der Waals surface area contributed by atoms with Crippen molar-refractivity contribution in [2.75, 3.05) is 17.7 Å². The van der Waals surface area contributed by atoms with E-state index in [9.17, 15) is 18.4 Å². The fourth-order valence-corrected chi connectivity index (χ4v) is 3.31. The molecular weight excluding hydrogens is 450 g/mol. The maximum absolute atomic E-state index is 13.3. The Hall–Kier alpha value is -4.06. The Balaban J connectivity index is 1.74. The smallest absolute Gasteiger partial charge is 0.387 e. The van der Waals surface area contributed by atoms with Crippen LogP contribution in [-0.2, 0) is 16.7 Å². The molecule has 3 aromatic rings. The third-order valence-corrected chi connectivity index (χ3v) is 5.05. The monoisotopic (exact) mass is 472 g/mol. The summed E-state index contributed by atoms with van der Waals surface area (Å²) >= 11 is 0. The molecule has 34 heavy (non-hydrogen) atoms. The molecule has 0 unspecified atom stereocenters. The lowest BCUT2D eigenvalue weighted by Crippen LogP contribution is -2.23. The lowest BCUT2D eigenvalue weighted by Gasteiger charge is -2.18. The minimum atomic E-state index is -3.10. The molecule has 178 valence electrons. The van der Waals surface area contributed by atoms with Gasteiger partial charge < -0.3 is 15.4 Å². The number of hydroxylamine groups is 1. The highest BCUT2D eigenvalue weighted by atomic mass is 19.3. The van der Waals surface area contributed by atoms with Gasteiger partial charge in [-0.25, -0.2) is 10.5 Å². The first kappa shape index (κ1) is 23.1. The summed E-state index contributed by atoms with van der Waals surface area (Å²) in [6.07, 6.45) is 6.04. The van der Waals surface area contributed by atoms with E-state index in [2.05, 4.69) is 26.2 Å². The fourth-order valence-electron chi connectivity index (χ4n) is 3.31. The van der Waals surface area contributed by atoms with Crippen molar-refractivity contribution in [3.63, 3.8) is 0 Å². The zero-order valence-electron chi connectivity index (χ0n) is 18.3. The predicted molar refractivity (Wildman–Crippen MR) is 119 cm³/mol. The van der Waals surface area contributed by atoms with Gasteiger partial charge in [-0.1, -0.05) is 12.1 Å². The predicted octanol–water partition coefficient (Wildman–Crippen LogP) is 3.47. The number of aromatic nitrogens is 3. The molecule has 1 aliphatic carbocycles. The van der Waals surface area contributed by atoms with Gasteiger partial charge in [0, 0.05) is 42.6 Å². The molecule has 1 fully saturated rings. The van der Waals surface area contributed by atoms with Crippen LogP contribution in [0.3, 0.4) is 0 Å². The molecule has 1 saturated carbocycles. The second-order valence-electron chi connectivity index (χ2n) is 7.60. The number of hydrogen-bond donors (Lipinski definition) is 3. The second kappa shape index (κ2) is 9.83. The highest BCUT2D eigenvalue weighted by Crippen LogP contribution is 2.39. The Morgan fingerprint density at radius 3 is 2.65 bits per heavy atom. The standard InChI is InChI=1S/C22H22F2N6O4/c1-30-11-13(9-26-30)14-4-3-5-16(19(14)34-22(23)24)27-17-8-18(28-20(31)12-6-7-12)25-10-15(17)21(32)29-33-2/h3-5,8-12,22H,6-7H2,1-2H3,(H,29,32)(H2,25,27,28,31). The molecule has 0 saturated heterocycles. The number of nitrogens with zero attached hydrogens (tertiary/aromatic N) is 3. The first-order chi connectivity index (χ1) is 16.4. The summed E-state index contributed by atoms with van der Waals surface area (Å²) in [4.78, 5) is 33.5. The van der Waals surface area contributed by atoms with Crippen molar-refractivity contribution in [1.29, 1.82) is 0 Å². The number of hydrogen-bond acceptors (Lipinski definition) is 7. The number of aryl methyl sites for hydroxylation is 1. The summed E-state index contributed by atoms with van der Waals surface area (Å²) in [6.45, 7) is -3.10. The van der Waals surface area contributed by atoms with Crippen LogP contribution in [0, 0.1) is 5.92 Å². The van der Waals surface area contributed by atoms with Crippen LogP contribution in [0.2, 0.25) is 0 Å². The quantitative estimate of drug-likeness (QED) is 0.408. The van der Waals surface area contributed by atoms with Crippen molar-refractivity contribution in [2.24, 2.45) is 13.0 Å². The fraction of sp³-hybridized carbons (Fsp3) is 0.273. The molecule has 10 nitrogen and oxygen atoms in total. The Bertz CT molecular complexity index is 1210. The minimum absolute atomic E-state index is 0.0565. The van der Waals surface area contributed by atoms with Crippen molar-refractivity contribution in [3.8, 4) is 16.9 Å². The molecule has 0 radical (unpaired) electrons. The van der Waals surface area contributed by atoms with Crippen LogP contribution < -0.4 is 20.9 Å². The van der Waals surface area contributed by atoms with Gasteiger partial charge in [0.2, 0.25) is 5.91 Å². The molecule has 12 heteroatoms. The van der Waals surface area contributed by atoms with Crippen LogP contribution in [0.5, 0.6) is 5.75 Å². The molecule has 0 atom stereocenters. The first-order valence-corrected chi connectivity index (χ1v) is 10.3. The van der Waals surface area contributed by atoms with Crippen molar-refractivity contribution >= 4 is 29.0 Å². The molecule has 1 aromatic carbocycles. The molecule has 2 amide bonds. The van der Waals surface area contributed by atoms with E-state index in [1.165, 1.54) is 36.3 Å². The molecule has 4 rings (SSSR count). The number of nitrogens with one attached hydrogen (secondary N) is 3. The van der Waals surface area contributed by atoms with Gasteiger partial charge in [0.15, 0.2) is 5.75 Å². The third kappa shape index (κ3) is 5.29. The van der Waals surface area contributed by atoms with Crippen LogP contribution in [0.15, 0.2) is 42.9 Å². The van der Waals surface area contributed by atoms with Crippen molar-refractivity contribution < 1.29 is 27.9 Å². The van der Waals surface area contributed by atoms with E-state index in [4.69, 9.17) is 9.57 Å². The summed E-state index contributed by atoms with van der Waals surface area (Å²) in [7, 11) is 2.98. The van der Waals surface area contributed by atoms with Crippen LogP contribution in [-0.4, -0.2) is 40.3 Å². The highest BCUT2D eigenvalue weighted by molar-refractivity contribution is 6.01. The van der Waals surface area contributed by atoms with Crippen molar-refractivity contribution in [2.45, 2.75) is 19.5 Å². The summed E-state index contributed by atoms with van der Waals surface area (Å²) in [5.74, 6) is -0.792. The average Bonchev–Trinajstić information content (AvgIpc) is 3.56. The Kier molecular flexibility index (Phi) is 6.68. The number of alkyl halides is 2. The summed E-state index contributed by atoms with van der Waals surface area (Å²) in [5, 5.41) is 9.75.